The maximum atomic E-state index is 13.4. The number of hydrogen-bond acceptors (Lipinski definition) is 5. The number of halogens is 1. The number of amides is 1. The highest BCUT2D eigenvalue weighted by Crippen LogP contribution is 2.30. The van der Waals surface area contributed by atoms with E-state index in [1.54, 1.807) is 19.1 Å². The molecule has 0 saturated carbocycles. The average Bonchev–Trinajstić information content (AvgIpc) is 2.60. The van der Waals surface area contributed by atoms with Gasteiger partial charge in [-0.1, -0.05) is 12.1 Å². The molecule has 0 aliphatic carbocycles. The number of ether oxygens (including phenoxy) is 2. The third kappa shape index (κ3) is 4.90. The Hall–Kier alpha value is -3.16. The maximum Gasteiger partial charge on any atom is 0.273 e. The molecular formula is C17H17FN2O5. The van der Waals surface area contributed by atoms with Crippen molar-refractivity contribution in [1.29, 1.82) is 0 Å². The van der Waals surface area contributed by atoms with E-state index < -0.39 is 10.8 Å². The number of non-ortho nitro benzene ring substituents is 1. The summed E-state index contributed by atoms with van der Waals surface area (Å²) in [6.45, 7) is 1.52. The molecule has 7 nitrogen and oxygen atoms in total. The molecule has 0 heterocycles. The normalized spacial score (nSPS) is 10.2. The molecule has 0 aliphatic rings. The fourth-order valence-electron chi connectivity index (χ4n) is 2.03. The highest BCUT2D eigenvalue weighted by Gasteiger charge is 2.13. The van der Waals surface area contributed by atoms with E-state index in [2.05, 4.69) is 5.32 Å². The Morgan fingerprint density at radius 1 is 1.24 bits per heavy atom. The number of rotatable bonds is 7. The van der Waals surface area contributed by atoms with Crippen LogP contribution in [0.1, 0.15) is 11.1 Å². The minimum atomic E-state index is -0.556. The van der Waals surface area contributed by atoms with Crippen molar-refractivity contribution < 1.29 is 23.6 Å². The average molecular weight is 348 g/mol. The number of methoxy groups -OCH3 is 1. The second-order valence-corrected chi connectivity index (χ2v) is 5.24. The number of carbonyl (C=O) groups excluding carboxylic acids is 1. The molecule has 8 heteroatoms. The van der Waals surface area contributed by atoms with Crippen LogP contribution in [0.15, 0.2) is 36.4 Å². The molecule has 1 N–H and O–H groups in total. The molecule has 132 valence electrons. The summed E-state index contributed by atoms with van der Waals surface area (Å²) in [7, 11) is 1.35. The molecule has 25 heavy (non-hydrogen) atoms. The Labute approximate surface area is 143 Å². The van der Waals surface area contributed by atoms with Gasteiger partial charge in [0.25, 0.3) is 11.6 Å². The minimum Gasteiger partial charge on any atom is -0.493 e. The van der Waals surface area contributed by atoms with E-state index in [1.807, 2.05) is 0 Å². The van der Waals surface area contributed by atoms with Gasteiger partial charge in [-0.3, -0.25) is 14.9 Å². The lowest BCUT2D eigenvalue weighted by Gasteiger charge is -2.11. The molecule has 0 saturated heterocycles. The van der Waals surface area contributed by atoms with Crippen LogP contribution in [0.3, 0.4) is 0 Å². The first kappa shape index (κ1) is 18.2. The molecule has 2 aromatic carbocycles. The van der Waals surface area contributed by atoms with Crippen LogP contribution in [0.5, 0.6) is 11.5 Å². The Balaban J connectivity index is 1.91. The van der Waals surface area contributed by atoms with Crippen LogP contribution in [0.4, 0.5) is 10.1 Å². The number of nitrogens with one attached hydrogen (secondary N) is 1. The molecule has 0 aliphatic heterocycles. The van der Waals surface area contributed by atoms with Crippen LogP contribution in [-0.4, -0.2) is 24.5 Å². The second-order valence-electron chi connectivity index (χ2n) is 5.24. The molecule has 0 spiro atoms. The van der Waals surface area contributed by atoms with Crippen LogP contribution in [-0.2, 0) is 11.3 Å². The molecular weight excluding hydrogens is 331 g/mol. The topological polar surface area (TPSA) is 90.7 Å². The molecule has 0 aromatic heterocycles. The molecule has 0 unspecified atom stereocenters. The van der Waals surface area contributed by atoms with Gasteiger partial charge in [0, 0.05) is 12.6 Å². The number of nitro benzene ring substituents is 1. The molecule has 0 radical (unpaired) electrons. The summed E-state index contributed by atoms with van der Waals surface area (Å²) in [6.07, 6.45) is 0. The van der Waals surface area contributed by atoms with Gasteiger partial charge in [-0.25, -0.2) is 4.39 Å². The van der Waals surface area contributed by atoms with Gasteiger partial charge in [0.15, 0.2) is 18.1 Å². The first-order chi connectivity index (χ1) is 11.9. The van der Waals surface area contributed by atoms with Gasteiger partial charge in [0.05, 0.1) is 18.1 Å². The summed E-state index contributed by atoms with van der Waals surface area (Å²) in [5, 5.41) is 13.3. The number of nitro groups is 1. The Bertz CT molecular complexity index is 795. The van der Waals surface area contributed by atoms with Crippen molar-refractivity contribution in [3.8, 4) is 11.5 Å². The van der Waals surface area contributed by atoms with Crippen LogP contribution < -0.4 is 14.8 Å². The van der Waals surface area contributed by atoms with Crippen LogP contribution >= 0.6 is 0 Å². The Morgan fingerprint density at radius 3 is 2.64 bits per heavy atom. The molecule has 1 amide bonds. The van der Waals surface area contributed by atoms with E-state index in [-0.39, 0.29) is 36.2 Å². The molecule has 0 atom stereocenters. The fraction of sp³-hybridized carbons (Fsp3) is 0.235. The zero-order valence-corrected chi connectivity index (χ0v) is 13.7. The van der Waals surface area contributed by atoms with Crippen LogP contribution in [0.25, 0.3) is 0 Å². The quantitative estimate of drug-likeness (QED) is 0.614. The van der Waals surface area contributed by atoms with Gasteiger partial charge >= 0.3 is 0 Å². The van der Waals surface area contributed by atoms with E-state index in [0.717, 1.165) is 0 Å². The summed E-state index contributed by atoms with van der Waals surface area (Å²) in [5.41, 5.74) is 1.02. The molecule has 2 aromatic rings. The third-order valence-electron chi connectivity index (χ3n) is 3.44. The van der Waals surface area contributed by atoms with E-state index >= 15 is 0 Å². The number of benzene rings is 2. The Morgan fingerprint density at radius 2 is 2.00 bits per heavy atom. The van der Waals surface area contributed by atoms with Gasteiger partial charge in [-0.15, -0.1) is 0 Å². The van der Waals surface area contributed by atoms with E-state index in [9.17, 15) is 19.3 Å². The van der Waals surface area contributed by atoms with Crippen molar-refractivity contribution in [2.45, 2.75) is 13.5 Å². The van der Waals surface area contributed by atoms with Gasteiger partial charge in [0.1, 0.15) is 5.82 Å². The Kier molecular flexibility index (Phi) is 5.89. The zero-order valence-electron chi connectivity index (χ0n) is 13.7. The van der Waals surface area contributed by atoms with Gasteiger partial charge in [-0.05, 0) is 30.2 Å². The minimum absolute atomic E-state index is 0.143. The second kappa shape index (κ2) is 8.09. The monoisotopic (exact) mass is 348 g/mol. The fourth-order valence-corrected chi connectivity index (χ4v) is 2.03. The van der Waals surface area contributed by atoms with Crippen LogP contribution in [0.2, 0.25) is 0 Å². The van der Waals surface area contributed by atoms with Crippen molar-refractivity contribution in [3.05, 3.63) is 63.5 Å². The first-order valence-corrected chi connectivity index (χ1v) is 7.37. The third-order valence-corrected chi connectivity index (χ3v) is 3.44. The molecule has 2 rings (SSSR count). The summed E-state index contributed by atoms with van der Waals surface area (Å²) in [4.78, 5) is 22.0. The van der Waals surface area contributed by atoms with Crippen LogP contribution in [0, 0.1) is 22.9 Å². The van der Waals surface area contributed by atoms with Gasteiger partial charge in [0.2, 0.25) is 0 Å². The standard InChI is InChI=1S/C17H17FN2O5/c1-11-3-4-12(7-14(11)18)9-19-17(21)10-25-15-6-5-13(20(22)23)8-16(15)24-2/h3-8H,9-10H2,1-2H3,(H,19,21). The summed E-state index contributed by atoms with van der Waals surface area (Å²) in [5.74, 6) is -0.382. The first-order valence-electron chi connectivity index (χ1n) is 7.37. The van der Waals surface area contributed by atoms with E-state index in [0.29, 0.717) is 11.1 Å². The van der Waals surface area contributed by atoms with Crippen molar-refractivity contribution in [1.82, 2.24) is 5.32 Å². The zero-order chi connectivity index (χ0) is 18.4. The number of hydrogen-bond donors (Lipinski definition) is 1. The summed E-state index contributed by atoms with van der Waals surface area (Å²) in [6, 6.07) is 8.54. The number of carbonyl (C=O) groups is 1. The number of nitrogens with zero attached hydrogens (tertiary/aromatic N) is 1. The molecule has 0 bridgehead atoms. The highest BCUT2D eigenvalue weighted by molar-refractivity contribution is 5.77. The smallest absolute Gasteiger partial charge is 0.273 e. The predicted molar refractivity (Wildman–Crippen MR) is 88.1 cm³/mol. The number of aryl methyl sites for hydroxylation is 1. The van der Waals surface area contributed by atoms with Crippen molar-refractivity contribution in [2.75, 3.05) is 13.7 Å². The maximum absolute atomic E-state index is 13.4. The summed E-state index contributed by atoms with van der Waals surface area (Å²) >= 11 is 0. The van der Waals surface area contributed by atoms with Crippen molar-refractivity contribution in [2.24, 2.45) is 0 Å². The highest BCUT2D eigenvalue weighted by atomic mass is 19.1. The largest absolute Gasteiger partial charge is 0.493 e. The van der Waals surface area contributed by atoms with E-state index in [4.69, 9.17) is 9.47 Å². The van der Waals surface area contributed by atoms with Gasteiger partial charge < -0.3 is 14.8 Å². The predicted octanol–water partition coefficient (Wildman–Crippen LogP) is 2.75. The van der Waals surface area contributed by atoms with E-state index in [1.165, 1.54) is 31.4 Å². The SMILES string of the molecule is COc1cc([N+](=O)[O-])ccc1OCC(=O)NCc1ccc(C)c(F)c1. The van der Waals surface area contributed by atoms with Crippen molar-refractivity contribution in [3.63, 3.8) is 0 Å². The lowest BCUT2D eigenvalue weighted by molar-refractivity contribution is -0.384. The lowest BCUT2D eigenvalue weighted by atomic mass is 10.1. The van der Waals surface area contributed by atoms with Gasteiger partial charge in [-0.2, -0.15) is 0 Å². The summed E-state index contributed by atoms with van der Waals surface area (Å²) < 4.78 is 23.8. The van der Waals surface area contributed by atoms with Crippen molar-refractivity contribution >= 4 is 11.6 Å². The molecule has 0 fully saturated rings. The lowest BCUT2D eigenvalue weighted by Crippen LogP contribution is -2.28.